The van der Waals surface area contributed by atoms with Crippen LogP contribution in [-0.2, 0) is 5.41 Å². The third-order valence-electron chi connectivity index (χ3n) is 1.81. The van der Waals surface area contributed by atoms with Crippen molar-refractivity contribution in [3.05, 3.63) is 30.4 Å². The molecule has 12 heavy (non-hydrogen) atoms. The summed E-state index contributed by atoms with van der Waals surface area (Å²) in [5.74, 6) is -0.412. The number of ketones is 1. The van der Waals surface area contributed by atoms with E-state index in [0.29, 0.717) is 5.69 Å². The fourth-order valence-corrected chi connectivity index (χ4v) is 0.970. The van der Waals surface area contributed by atoms with Crippen molar-refractivity contribution in [1.29, 1.82) is 0 Å². The Labute approximate surface area is 73.0 Å². The molecule has 1 N–H and O–H groups in total. The average molecular weight is 163 g/mol. The van der Waals surface area contributed by atoms with E-state index in [1.165, 1.54) is 0 Å². The van der Waals surface area contributed by atoms with Crippen molar-refractivity contribution in [3.8, 4) is 0 Å². The lowest BCUT2D eigenvalue weighted by Crippen LogP contribution is -2.09. The Balaban J connectivity index is 3.00. The minimum Gasteiger partial charge on any atom is -0.358 e. The number of aromatic amines is 1. The van der Waals surface area contributed by atoms with Crippen LogP contribution in [0, 0.1) is 6.92 Å². The summed E-state index contributed by atoms with van der Waals surface area (Å²) in [5, 5.41) is 0. The van der Waals surface area contributed by atoms with E-state index in [4.69, 9.17) is 6.92 Å². The second-order valence-corrected chi connectivity index (χ2v) is 3.92. The highest BCUT2D eigenvalue weighted by molar-refractivity contribution is 5.97. The van der Waals surface area contributed by atoms with E-state index in [-0.39, 0.29) is 5.41 Å². The summed E-state index contributed by atoms with van der Waals surface area (Å²) in [6.07, 6.45) is 1.82. The number of hydrogen-bond donors (Lipinski definition) is 1. The van der Waals surface area contributed by atoms with Gasteiger partial charge in [0, 0.05) is 13.1 Å². The van der Waals surface area contributed by atoms with E-state index >= 15 is 0 Å². The van der Waals surface area contributed by atoms with Crippen LogP contribution in [0.15, 0.2) is 12.3 Å². The van der Waals surface area contributed by atoms with Gasteiger partial charge < -0.3 is 4.98 Å². The maximum atomic E-state index is 10.7. The topological polar surface area (TPSA) is 32.9 Å². The standard InChI is InChI=1S/C10H13NO/c1-7(12)9-5-8(6-11-9)10(2,3)4/h1,5-6,11H,2-4H3. The van der Waals surface area contributed by atoms with E-state index in [9.17, 15) is 4.79 Å². The van der Waals surface area contributed by atoms with Crippen molar-refractivity contribution >= 4 is 5.78 Å². The maximum absolute atomic E-state index is 10.7. The van der Waals surface area contributed by atoms with Crippen molar-refractivity contribution in [2.45, 2.75) is 26.2 Å². The van der Waals surface area contributed by atoms with Crippen LogP contribution in [0.1, 0.15) is 36.8 Å². The van der Waals surface area contributed by atoms with Gasteiger partial charge in [0.15, 0.2) is 5.78 Å². The van der Waals surface area contributed by atoms with Gasteiger partial charge >= 0.3 is 0 Å². The third-order valence-corrected chi connectivity index (χ3v) is 1.81. The van der Waals surface area contributed by atoms with Gasteiger partial charge in [0.05, 0.1) is 5.69 Å². The van der Waals surface area contributed by atoms with Gasteiger partial charge in [-0.05, 0) is 17.0 Å². The maximum Gasteiger partial charge on any atom is 0.183 e. The highest BCUT2D eigenvalue weighted by Gasteiger charge is 2.16. The summed E-state index contributed by atoms with van der Waals surface area (Å²) < 4.78 is 0. The Morgan fingerprint density at radius 1 is 1.50 bits per heavy atom. The molecule has 2 radical (unpaired) electrons. The lowest BCUT2D eigenvalue weighted by molar-refractivity contribution is 0.104. The van der Waals surface area contributed by atoms with Crippen molar-refractivity contribution in [1.82, 2.24) is 4.98 Å². The molecule has 0 fully saturated rings. The molecule has 64 valence electrons. The van der Waals surface area contributed by atoms with Crippen LogP contribution in [-0.4, -0.2) is 10.8 Å². The van der Waals surface area contributed by atoms with E-state index in [1.807, 2.05) is 6.20 Å². The molecule has 0 amide bonds. The molecule has 2 heteroatoms. The Morgan fingerprint density at radius 3 is 2.33 bits per heavy atom. The number of H-pyrrole nitrogens is 1. The quantitative estimate of drug-likeness (QED) is 0.632. The monoisotopic (exact) mass is 163 g/mol. The van der Waals surface area contributed by atoms with E-state index in [2.05, 4.69) is 25.8 Å². The zero-order valence-electron chi connectivity index (χ0n) is 7.64. The molecule has 1 heterocycles. The van der Waals surface area contributed by atoms with Crippen LogP contribution in [0.2, 0.25) is 0 Å². The summed E-state index contributed by atoms with van der Waals surface area (Å²) in [6, 6.07) is 1.79. The molecule has 0 bridgehead atoms. The first-order chi connectivity index (χ1) is 5.41. The summed E-state index contributed by atoms with van der Waals surface area (Å²) in [5.41, 5.74) is 1.63. The van der Waals surface area contributed by atoms with Crippen molar-refractivity contribution < 1.29 is 4.79 Å². The molecule has 1 aromatic heterocycles. The summed E-state index contributed by atoms with van der Waals surface area (Å²) in [4.78, 5) is 13.6. The van der Waals surface area contributed by atoms with Gasteiger partial charge in [-0.1, -0.05) is 20.8 Å². The summed E-state index contributed by atoms with van der Waals surface area (Å²) in [6.45, 7) is 11.4. The Morgan fingerprint density at radius 2 is 2.08 bits per heavy atom. The molecule has 0 unspecified atom stereocenters. The molecule has 0 aliphatic carbocycles. The molecule has 0 saturated carbocycles. The van der Waals surface area contributed by atoms with Gasteiger partial charge in [-0.25, -0.2) is 0 Å². The Kier molecular flexibility index (Phi) is 2.09. The number of Topliss-reactive ketones (excluding diaryl/α,β-unsaturated/α-hetero) is 1. The van der Waals surface area contributed by atoms with Crippen LogP contribution >= 0.6 is 0 Å². The first-order valence-corrected chi connectivity index (χ1v) is 3.90. The molecule has 0 saturated heterocycles. The number of nitrogens with one attached hydrogen (secondary N) is 1. The molecule has 0 atom stereocenters. The van der Waals surface area contributed by atoms with E-state index in [0.717, 1.165) is 5.56 Å². The molecule has 0 aliphatic heterocycles. The van der Waals surface area contributed by atoms with Gasteiger partial charge in [-0.3, -0.25) is 4.79 Å². The van der Waals surface area contributed by atoms with Crippen LogP contribution in [0.3, 0.4) is 0 Å². The first kappa shape index (κ1) is 9.04. The average Bonchev–Trinajstić information content (AvgIpc) is 2.30. The highest BCUT2D eigenvalue weighted by atomic mass is 16.1. The van der Waals surface area contributed by atoms with Gasteiger partial charge in [0.25, 0.3) is 0 Å². The number of aromatic nitrogens is 1. The van der Waals surface area contributed by atoms with Crippen molar-refractivity contribution in [3.63, 3.8) is 0 Å². The zero-order chi connectivity index (χ0) is 9.35. The van der Waals surface area contributed by atoms with Gasteiger partial charge in [-0.2, -0.15) is 0 Å². The second-order valence-electron chi connectivity index (χ2n) is 3.92. The van der Waals surface area contributed by atoms with Crippen molar-refractivity contribution in [2.24, 2.45) is 0 Å². The molecule has 0 aromatic carbocycles. The second kappa shape index (κ2) is 2.77. The van der Waals surface area contributed by atoms with Crippen LogP contribution < -0.4 is 0 Å². The lowest BCUT2D eigenvalue weighted by Gasteiger charge is -2.15. The first-order valence-electron chi connectivity index (χ1n) is 3.90. The molecular weight excluding hydrogens is 150 g/mol. The predicted molar refractivity (Wildman–Crippen MR) is 48.1 cm³/mol. The molecule has 1 rings (SSSR count). The molecule has 2 nitrogen and oxygen atoms in total. The van der Waals surface area contributed by atoms with E-state index < -0.39 is 5.78 Å². The SMILES string of the molecule is [CH]C(=O)c1cc(C(C)(C)C)c[nH]1. The number of rotatable bonds is 1. The molecule has 0 spiro atoms. The predicted octanol–water partition coefficient (Wildman–Crippen LogP) is 2.21. The third kappa shape index (κ3) is 1.76. The minimum atomic E-state index is -0.412. The fraction of sp³-hybridized carbons (Fsp3) is 0.400. The highest BCUT2D eigenvalue weighted by Crippen LogP contribution is 2.22. The largest absolute Gasteiger partial charge is 0.358 e. The Bertz CT molecular complexity index is 291. The summed E-state index contributed by atoms with van der Waals surface area (Å²) in [7, 11) is 0. The fourth-order valence-electron chi connectivity index (χ4n) is 0.970. The summed E-state index contributed by atoms with van der Waals surface area (Å²) >= 11 is 0. The van der Waals surface area contributed by atoms with Crippen LogP contribution in [0.4, 0.5) is 0 Å². The zero-order valence-corrected chi connectivity index (χ0v) is 7.64. The number of hydrogen-bond acceptors (Lipinski definition) is 1. The van der Waals surface area contributed by atoms with Gasteiger partial charge in [0.2, 0.25) is 0 Å². The number of carbonyl (C=O) groups is 1. The van der Waals surface area contributed by atoms with Gasteiger partial charge in [0.1, 0.15) is 0 Å². The van der Waals surface area contributed by atoms with Crippen molar-refractivity contribution in [2.75, 3.05) is 0 Å². The van der Waals surface area contributed by atoms with Crippen LogP contribution in [0.5, 0.6) is 0 Å². The lowest BCUT2D eigenvalue weighted by atomic mass is 9.89. The van der Waals surface area contributed by atoms with Crippen LogP contribution in [0.25, 0.3) is 0 Å². The Hall–Kier alpha value is -1.05. The van der Waals surface area contributed by atoms with Gasteiger partial charge in [-0.15, -0.1) is 0 Å². The molecular formula is C10H13NO. The smallest absolute Gasteiger partial charge is 0.183 e. The molecule has 1 aromatic rings. The normalized spacial score (nSPS) is 11.7. The van der Waals surface area contributed by atoms with E-state index in [1.54, 1.807) is 6.07 Å². The number of carbonyl (C=O) groups excluding carboxylic acids is 1. The molecule has 0 aliphatic rings. The minimum absolute atomic E-state index is 0.0597.